The predicted molar refractivity (Wildman–Crippen MR) is 77.1 cm³/mol. The van der Waals surface area contributed by atoms with Gasteiger partial charge in [-0.05, 0) is 17.5 Å². The minimum atomic E-state index is -1.14. The molecule has 0 amide bonds. The fraction of sp³-hybridized carbons (Fsp3) is 0.286. The summed E-state index contributed by atoms with van der Waals surface area (Å²) >= 11 is 5.70. The van der Waals surface area contributed by atoms with E-state index in [0.717, 1.165) is 12.1 Å². The maximum atomic E-state index is 11.9. The second-order valence-electron chi connectivity index (χ2n) is 5.32. The molecule has 0 aliphatic carbocycles. The van der Waals surface area contributed by atoms with E-state index >= 15 is 0 Å². The number of carbonyl (C=O) groups is 2. The number of benzene rings is 1. The molecule has 0 atom stereocenters. The van der Waals surface area contributed by atoms with Crippen molar-refractivity contribution in [2.75, 3.05) is 0 Å². The number of ether oxygens (including phenoxy) is 1. The molecule has 1 aromatic carbocycles. The van der Waals surface area contributed by atoms with Crippen LogP contribution in [0.4, 0.5) is 5.69 Å². The quantitative estimate of drug-likeness (QED) is 0.280. The average Bonchev–Trinajstić information content (AvgIpc) is 2.35. The SMILES string of the molecule is C=C(C(=O)OC(=O)c1cc(Cl)ccc1[N+](=O)[O-])C(C)(C)C. The molecule has 0 unspecified atom stereocenters. The van der Waals surface area contributed by atoms with E-state index in [1.807, 2.05) is 0 Å². The lowest BCUT2D eigenvalue weighted by molar-refractivity contribution is -0.385. The van der Waals surface area contributed by atoms with Gasteiger partial charge >= 0.3 is 11.9 Å². The number of rotatable bonds is 3. The van der Waals surface area contributed by atoms with Crippen molar-refractivity contribution in [3.05, 3.63) is 51.1 Å². The first-order chi connectivity index (χ1) is 9.54. The van der Waals surface area contributed by atoms with Crippen molar-refractivity contribution < 1.29 is 19.2 Å². The van der Waals surface area contributed by atoms with Gasteiger partial charge in [0.25, 0.3) is 5.69 Å². The van der Waals surface area contributed by atoms with Gasteiger partial charge in [0.1, 0.15) is 5.56 Å². The van der Waals surface area contributed by atoms with Gasteiger partial charge in [-0.15, -0.1) is 0 Å². The molecular formula is C14H14ClNO5. The third-order valence-corrected chi connectivity index (χ3v) is 2.95. The van der Waals surface area contributed by atoms with E-state index in [4.69, 9.17) is 11.6 Å². The van der Waals surface area contributed by atoms with Gasteiger partial charge in [-0.2, -0.15) is 0 Å². The molecule has 0 saturated heterocycles. The lowest BCUT2D eigenvalue weighted by Crippen LogP contribution is -2.22. The van der Waals surface area contributed by atoms with E-state index in [1.165, 1.54) is 6.07 Å². The molecule has 0 aliphatic rings. The number of hydrogen-bond acceptors (Lipinski definition) is 5. The number of nitro groups is 1. The van der Waals surface area contributed by atoms with Crippen molar-refractivity contribution in [1.82, 2.24) is 0 Å². The molecule has 0 bridgehead atoms. The molecule has 0 aromatic heterocycles. The summed E-state index contributed by atoms with van der Waals surface area (Å²) in [6, 6.07) is 3.42. The zero-order valence-electron chi connectivity index (χ0n) is 11.8. The molecule has 0 fully saturated rings. The van der Waals surface area contributed by atoms with Crippen molar-refractivity contribution in [1.29, 1.82) is 0 Å². The minimum absolute atomic E-state index is 0.0838. The number of carbonyl (C=O) groups excluding carboxylic acids is 2. The monoisotopic (exact) mass is 311 g/mol. The minimum Gasteiger partial charge on any atom is -0.386 e. The highest BCUT2D eigenvalue weighted by Gasteiger charge is 2.28. The summed E-state index contributed by atoms with van der Waals surface area (Å²) in [7, 11) is 0. The second-order valence-corrected chi connectivity index (χ2v) is 5.76. The molecule has 21 heavy (non-hydrogen) atoms. The average molecular weight is 312 g/mol. The zero-order chi connectivity index (χ0) is 16.4. The third-order valence-electron chi connectivity index (χ3n) is 2.71. The molecule has 112 valence electrons. The van der Waals surface area contributed by atoms with Crippen molar-refractivity contribution in [3.63, 3.8) is 0 Å². The van der Waals surface area contributed by atoms with Crippen LogP contribution in [0.3, 0.4) is 0 Å². The van der Waals surface area contributed by atoms with Crippen LogP contribution in [-0.2, 0) is 9.53 Å². The fourth-order valence-corrected chi connectivity index (χ4v) is 1.51. The lowest BCUT2D eigenvalue weighted by Gasteiger charge is -2.19. The summed E-state index contributed by atoms with van der Waals surface area (Å²) in [6.07, 6.45) is 0. The summed E-state index contributed by atoms with van der Waals surface area (Å²) in [5.41, 5.74) is -1.38. The third kappa shape index (κ3) is 4.13. The molecule has 1 aromatic rings. The molecule has 0 heterocycles. The van der Waals surface area contributed by atoms with Gasteiger partial charge in [0.15, 0.2) is 0 Å². The van der Waals surface area contributed by atoms with E-state index in [9.17, 15) is 19.7 Å². The Hall–Kier alpha value is -2.21. The standard InChI is InChI=1S/C14H14ClNO5/c1-8(14(2,3)4)12(17)21-13(18)10-7-9(15)5-6-11(10)16(19)20/h5-7H,1H2,2-4H3. The number of nitro benzene ring substituents is 1. The maximum Gasteiger partial charge on any atom is 0.353 e. The Labute approximate surface area is 126 Å². The van der Waals surface area contributed by atoms with Crippen LogP contribution in [-0.4, -0.2) is 16.9 Å². The smallest absolute Gasteiger partial charge is 0.353 e. The van der Waals surface area contributed by atoms with Crippen molar-refractivity contribution in [2.24, 2.45) is 5.41 Å². The first-order valence-electron chi connectivity index (χ1n) is 5.94. The first kappa shape index (κ1) is 16.8. The van der Waals surface area contributed by atoms with Crippen molar-refractivity contribution in [2.45, 2.75) is 20.8 Å². The first-order valence-corrected chi connectivity index (χ1v) is 6.31. The molecule has 0 aliphatic heterocycles. The fourth-order valence-electron chi connectivity index (χ4n) is 1.34. The molecular weight excluding hydrogens is 298 g/mol. The molecule has 6 nitrogen and oxygen atoms in total. The van der Waals surface area contributed by atoms with E-state index < -0.39 is 28.0 Å². The summed E-state index contributed by atoms with van der Waals surface area (Å²) in [5, 5.41) is 11.0. The van der Waals surface area contributed by atoms with Crippen LogP contribution in [0, 0.1) is 15.5 Å². The van der Waals surface area contributed by atoms with Crippen molar-refractivity contribution >= 4 is 29.2 Å². The predicted octanol–water partition coefficient (Wildman–Crippen LogP) is 3.53. The van der Waals surface area contributed by atoms with Crippen LogP contribution < -0.4 is 0 Å². The van der Waals surface area contributed by atoms with Gasteiger partial charge in [-0.25, -0.2) is 9.59 Å². The van der Waals surface area contributed by atoms with Crippen LogP contribution in [0.5, 0.6) is 0 Å². The Morgan fingerprint density at radius 1 is 1.33 bits per heavy atom. The van der Waals surface area contributed by atoms with Gasteiger partial charge in [-0.3, -0.25) is 10.1 Å². The zero-order valence-corrected chi connectivity index (χ0v) is 12.6. The number of hydrogen-bond donors (Lipinski definition) is 0. The Morgan fingerprint density at radius 3 is 2.38 bits per heavy atom. The van der Waals surface area contributed by atoms with E-state index in [0.29, 0.717) is 0 Å². The van der Waals surface area contributed by atoms with Gasteiger partial charge in [0, 0.05) is 16.7 Å². The van der Waals surface area contributed by atoms with Gasteiger partial charge in [0.2, 0.25) is 0 Å². The Bertz CT molecular complexity index is 631. The van der Waals surface area contributed by atoms with Crippen molar-refractivity contribution in [3.8, 4) is 0 Å². The Morgan fingerprint density at radius 2 is 1.90 bits per heavy atom. The lowest BCUT2D eigenvalue weighted by atomic mass is 9.88. The number of esters is 2. The number of nitrogens with zero attached hydrogens (tertiary/aromatic N) is 1. The highest BCUT2D eigenvalue weighted by Crippen LogP contribution is 2.27. The highest BCUT2D eigenvalue weighted by atomic mass is 35.5. The number of halogens is 1. The van der Waals surface area contributed by atoms with Crippen LogP contribution in [0.2, 0.25) is 5.02 Å². The molecule has 0 N–H and O–H groups in total. The summed E-state index contributed by atoms with van der Waals surface area (Å²) in [6.45, 7) is 8.74. The molecule has 0 saturated carbocycles. The van der Waals surface area contributed by atoms with E-state index in [-0.39, 0.29) is 16.2 Å². The van der Waals surface area contributed by atoms with Gasteiger partial charge < -0.3 is 4.74 Å². The summed E-state index contributed by atoms with van der Waals surface area (Å²) in [5.74, 6) is -2.07. The second kappa shape index (κ2) is 6.05. The normalized spacial score (nSPS) is 10.9. The van der Waals surface area contributed by atoms with Gasteiger partial charge in [-0.1, -0.05) is 39.0 Å². The largest absolute Gasteiger partial charge is 0.386 e. The van der Waals surface area contributed by atoms with Gasteiger partial charge in [0.05, 0.1) is 4.92 Å². The summed E-state index contributed by atoms with van der Waals surface area (Å²) < 4.78 is 4.63. The Kier molecular flexibility index (Phi) is 4.85. The maximum absolute atomic E-state index is 11.9. The molecule has 0 radical (unpaired) electrons. The highest BCUT2D eigenvalue weighted by molar-refractivity contribution is 6.31. The van der Waals surface area contributed by atoms with Crippen LogP contribution in [0.1, 0.15) is 31.1 Å². The van der Waals surface area contributed by atoms with Crippen LogP contribution in [0.15, 0.2) is 30.4 Å². The Balaban J connectivity index is 3.06. The van der Waals surface area contributed by atoms with E-state index in [1.54, 1.807) is 20.8 Å². The molecule has 7 heteroatoms. The molecule has 1 rings (SSSR count). The van der Waals surface area contributed by atoms with E-state index in [2.05, 4.69) is 11.3 Å². The van der Waals surface area contributed by atoms with Crippen LogP contribution >= 0.6 is 11.6 Å². The topological polar surface area (TPSA) is 86.5 Å². The van der Waals surface area contributed by atoms with Crippen LogP contribution in [0.25, 0.3) is 0 Å². The summed E-state index contributed by atoms with van der Waals surface area (Å²) in [4.78, 5) is 33.8. The molecule has 0 spiro atoms.